The van der Waals surface area contributed by atoms with Crippen LogP contribution >= 0.6 is 0 Å². The van der Waals surface area contributed by atoms with Crippen molar-refractivity contribution in [3.8, 4) is 11.4 Å². The molecule has 0 bridgehead atoms. The van der Waals surface area contributed by atoms with Crippen molar-refractivity contribution in [2.24, 2.45) is 0 Å². The SMILES string of the molecule is COc1ccc(NC(=O)Cn2ccc3ccccc3c2=O)cc1-n1nnnc1C. The monoisotopic (exact) mass is 390 g/mol. The molecule has 0 atom stereocenters. The summed E-state index contributed by atoms with van der Waals surface area (Å²) in [6.45, 7) is 1.66. The van der Waals surface area contributed by atoms with Gasteiger partial charge < -0.3 is 14.6 Å². The number of carbonyl (C=O) groups is 1. The third-order valence-corrected chi connectivity index (χ3v) is 4.52. The standard InChI is InChI=1S/C20H18N6O3/c1-13-22-23-24-26(13)17-11-15(7-8-18(17)29-2)21-19(27)12-25-10-9-14-5-3-4-6-16(14)20(25)28/h3-11H,12H2,1-2H3,(H,21,27). The van der Waals surface area contributed by atoms with Gasteiger partial charge in [0.1, 0.15) is 18.0 Å². The minimum atomic E-state index is -0.327. The summed E-state index contributed by atoms with van der Waals surface area (Å²) in [6, 6.07) is 14.2. The number of anilines is 1. The third kappa shape index (κ3) is 3.57. The molecule has 0 aliphatic rings. The van der Waals surface area contributed by atoms with Crippen LogP contribution in [0, 0.1) is 6.92 Å². The van der Waals surface area contributed by atoms with Gasteiger partial charge in [0.2, 0.25) is 5.91 Å². The van der Waals surface area contributed by atoms with Crippen LogP contribution in [0.15, 0.2) is 59.5 Å². The van der Waals surface area contributed by atoms with Crippen LogP contribution in [-0.4, -0.2) is 37.8 Å². The highest BCUT2D eigenvalue weighted by molar-refractivity contribution is 5.91. The Morgan fingerprint density at radius 3 is 2.76 bits per heavy atom. The van der Waals surface area contributed by atoms with Gasteiger partial charge in [0.25, 0.3) is 5.56 Å². The number of carbonyl (C=O) groups excluding carboxylic acids is 1. The molecule has 1 amide bonds. The molecule has 0 aliphatic heterocycles. The Labute approximate surface area is 165 Å². The Balaban J connectivity index is 1.58. The summed E-state index contributed by atoms with van der Waals surface area (Å²) in [7, 11) is 1.54. The quantitative estimate of drug-likeness (QED) is 0.558. The van der Waals surface area contributed by atoms with Crippen molar-refractivity contribution in [2.75, 3.05) is 12.4 Å². The maximum Gasteiger partial charge on any atom is 0.258 e. The average molecular weight is 390 g/mol. The fourth-order valence-electron chi connectivity index (χ4n) is 3.10. The second-order valence-corrected chi connectivity index (χ2v) is 6.41. The minimum Gasteiger partial charge on any atom is -0.494 e. The normalized spacial score (nSPS) is 10.8. The van der Waals surface area contributed by atoms with Crippen LogP contribution in [0.1, 0.15) is 5.82 Å². The van der Waals surface area contributed by atoms with Crippen LogP contribution in [0.3, 0.4) is 0 Å². The van der Waals surface area contributed by atoms with E-state index in [1.807, 2.05) is 18.2 Å². The van der Waals surface area contributed by atoms with Gasteiger partial charge in [-0.05, 0) is 53.1 Å². The van der Waals surface area contributed by atoms with Gasteiger partial charge in [-0.25, -0.2) is 0 Å². The number of methoxy groups -OCH3 is 1. The molecule has 9 nitrogen and oxygen atoms in total. The number of pyridine rings is 1. The zero-order valence-corrected chi connectivity index (χ0v) is 15.9. The molecule has 1 N–H and O–H groups in total. The lowest BCUT2D eigenvalue weighted by Gasteiger charge is -2.12. The highest BCUT2D eigenvalue weighted by Crippen LogP contribution is 2.26. The molecule has 9 heteroatoms. The van der Waals surface area contributed by atoms with E-state index in [2.05, 4.69) is 20.8 Å². The van der Waals surface area contributed by atoms with Gasteiger partial charge in [-0.15, -0.1) is 5.10 Å². The number of amides is 1. The van der Waals surface area contributed by atoms with Crippen molar-refractivity contribution in [3.05, 3.63) is 70.9 Å². The Morgan fingerprint density at radius 2 is 2.00 bits per heavy atom. The molecule has 0 radical (unpaired) electrons. The van der Waals surface area contributed by atoms with E-state index in [1.165, 1.54) is 9.25 Å². The number of aromatic nitrogens is 5. The zero-order valence-electron chi connectivity index (χ0n) is 15.9. The van der Waals surface area contributed by atoms with E-state index < -0.39 is 0 Å². The molecule has 29 heavy (non-hydrogen) atoms. The zero-order chi connectivity index (χ0) is 20.4. The van der Waals surface area contributed by atoms with E-state index >= 15 is 0 Å². The molecular weight excluding hydrogens is 372 g/mol. The minimum absolute atomic E-state index is 0.102. The first-order valence-corrected chi connectivity index (χ1v) is 8.88. The molecule has 0 saturated heterocycles. The van der Waals surface area contributed by atoms with Gasteiger partial charge in [0.15, 0.2) is 5.82 Å². The van der Waals surface area contributed by atoms with Gasteiger partial charge in [-0.2, -0.15) is 4.68 Å². The van der Waals surface area contributed by atoms with Gasteiger partial charge in [0.05, 0.1) is 7.11 Å². The number of tetrazole rings is 1. The fraction of sp³-hybridized carbons (Fsp3) is 0.150. The Morgan fingerprint density at radius 1 is 1.17 bits per heavy atom. The van der Waals surface area contributed by atoms with Crippen molar-refractivity contribution in [2.45, 2.75) is 13.5 Å². The van der Waals surface area contributed by atoms with Crippen LogP contribution in [0.2, 0.25) is 0 Å². The van der Waals surface area contributed by atoms with Crippen molar-refractivity contribution < 1.29 is 9.53 Å². The Hall–Kier alpha value is -4.01. The number of hydrogen-bond acceptors (Lipinski definition) is 6. The third-order valence-electron chi connectivity index (χ3n) is 4.52. The molecule has 146 valence electrons. The van der Waals surface area contributed by atoms with E-state index in [0.29, 0.717) is 28.3 Å². The smallest absolute Gasteiger partial charge is 0.258 e. The number of hydrogen-bond donors (Lipinski definition) is 1. The van der Waals surface area contributed by atoms with Crippen LogP contribution in [-0.2, 0) is 11.3 Å². The fourth-order valence-corrected chi connectivity index (χ4v) is 3.10. The summed E-state index contributed by atoms with van der Waals surface area (Å²) in [4.78, 5) is 25.1. The van der Waals surface area contributed by atoms with Crippen molar-refractivity contribution in [1.82, 2.24) is 24.8 Å². The maximum absolute atomic E-state index is 12.6. The number of nitrogens with zero attached hydrogens (tertiary/aromatic N) is 5. The number of rotatable bonds is 5. The lowest BCUT2D eigenvalue weighted by atomic mass is 10.2. The van der Waals surface area contributed by atoms with E-state index in [0.717, 1.165) is 5.39 Å². The van der Waals surface area contributed by atoms with Crippen LogP contribution in [0.4, 0.5) is 5.69 Å². The van der Waals surface area contributed by atoms with Gasteiger partial charge in [0, 0.05) is 17.3 Å². The van der Waals surface area contributed by atoms with Crippen LogP contribution < -0.4 is 15.6 Å². The molecule has 0 unspecified atom stereocenters. The number of ether oxygens (including phenoxy) is 1. The largest absolute Gasteiger partial charge is 0.494 e. The van der Waals surface area contributed by atoms with Gasteiger partial charge >= 0.3 is 0 Å². The van der Waals surface area contributed by atoms with Crippen LogP contribution in [0.5, 0.6) is 5.75 Å². The molecule has 4 rings (SSSR count). The molecule has 0 saturated carbocycles. The molecule has 0 aliphatic carbocycles. The van der Waals surface area contributed by atoms with E-state index in [-0.39, 0.29) is 18.0 Å². The summed E-state index contributed by atoms with van der Waals surface area (Å²) in [5.74, 6) is 0.811. The molecule has 2 aromatic carbocycles. The summed E-state index contributed by atoms with van der Waals surface area (Å²) < 4.78 is 8.26. The summed E-state index contributed by atoms with van der Waals surface area (Å²) in [6.07, 6.45) is 1.62. The Kier molecular flexibility index (Phi) is 4.78. The summed E-state index contributed by atoms with van der Waals surface area (Å²) in [5, 5.41) is 15.7. The summed E-state index contributed by atoms with van der Waals surface area (Å²) >= 11 is 0. The number of aryl methyl sites for hydroxylation is 1. The van der Waals surface area contributed by atoms with Crippen LogP contribution in [0.25, 0.3) is 16.5 Å². The van der Waals surface area contributed by atoms with Crippen molar-refractivity contribution >= 4 is 22.4 Å². The molecule has 2 aromatic heterocycles. The van der Waals surface area contributed by atoms with Crippen molar-refractivity contribution in [3.63, 3.8) is 0 Å². The van der Waals surface area contributed by atoms with E-state index in [9.17, 15) is 9.59 Å². The average Bonchev–Trinajstić information content (AvgIpc) is 3.16. The van der Waals surface area contributed by atoms with Gasteiger partial charge in [-0.1, -0.05) is 18.2 Å². The number of benzene rings is 2. The Bertz CT molecular complexity index is 1260. The predicted molar refractivity (Wildman–Crippen MR) is 107 cm³/mol. The first-order chi connectivity index (χ1) is 14.1. The number of nitrogens with one attached hydrogen (secondary N) is 1. The second-order valence-electron chi connectivity index (χ2n) is 6.41. The first kappa shape index (κ1) is 18.4. The molecule has 0 fully saturated rings. The molecule has 4 aromatic rings. The highest BCUT2D eigenvalue weighted by atomic mass is 16.5. The van der Waals surface area contributed by atoms with Crippen molar-refractivity contribution in [1.29, 1.82) is 0 Å². The lowest BCUT2D eigenvalue weighted by molar-refractivity contribution is -0.116. The summed E-state index contributed by atoms with van der Waals surface area (Å²) in [5.41, 5.74) is 0.920. The molecule has 0 spiro atoms. The van der Waals surface area contributed by atoms with E-state index in [1.54, 1.807) is 50.6 Å². The molecular formula is C20H18N6O3. The predicted octanol–water partition coefficient (Wildman–Crippen LogP) is 1.93. The topological polar surface area (TPSA) is 104 Å². The first-order valence-electron chi connectivity index (χ1n) is 8.88. The molecule has 2 heterocycles. The second kappa shape index (κ2) is 7.55. The maximum atomic E-state index is 12.6. The van der Waals surface area contributed by atoms with Gasteiger partial charge in [-0.3, -0.25) is 9.59 Å². The lowest BCUT2D eigenvalue weighted by Crippen LogP contribution is -2.27. The number of fused-ring (bicyclic) bond motifs is 1. The van der Waals surface area contributed by atoms with E-state index in [4.69, 9.17) is 4.74 Å². The highest BCUT2D eigenvalue weighted by Gasteiger charge is 2.13.